The van der Waals surface area contributed by atoms with Crippen LogP contribution in [0.15, 0.2) is 11.6 Å². The molecule has 0 aliphatic carbocycles. The van der Waals surface area contributed by atoms with Gasteiger partial charge in [-0.05, 0) is 39.2 Å². The van der Waals surface area contributed by atoms with Crippen molar-refractivity contribution in [3.63, 3.8) is 0 Å². The van der Waals surface area contributed by atoms with Crippen molar-refractivity contribution in [2.24, 2.45) is 0 Å². The monoisotopic (exact) mass is 223 g/mol. The fraction of sp³-hybridized carbons (Fsp3) is 0.667. The summed E-state index contributed by atoms with van der Waals surface area (Å²) >= 11 is 0. The van der Waals surface area contributed by atoms with Crippen LogP contribution in [0.5, 0.6) is 0 Å². The molecule has 0 N–H and O–H groups in total. The van der Waals surface area contributed by atoms with Crippen molar-refractivity contribution in [3.05, 3.63) is 11.6 Å². The number of carbonyl (C=O) groups excluding carboxylic acids is 1. The molecule has 0 spiro atoms. The second-order valence-corrected chi connectivity index (χ2v) is 4.80. The van der Waals surface area contributed by atoms with E-state index >= 15 is 0 Å². The Morgan fingerprint density at radius 1 is 1.62 bits per heavy atom. The minimum Gasteiger partial charge on any atom is -0.458 e. The minimum absolute atomic E-state index is 0.316. The smallest absolute Gasteiger partial charge is 0.335 e. The van der Waals surface area contributed by atoms with Crippen LogP contribution >= 0.6 is 0 Å². The average molecular weight is 223 g/mol. The average Bonchev–Trinajstić information content (AvgIpc) is 2.16. The number of hydrogen-bond donors (Lipinski definition) is 0. The first kappa shape index (κ1) is 12.7. The van der Waals surface area contributed by atoms with Gasteiger partial charge in [-0.1, -0.05) is 0 Å². The van der Waals surface area contributed by atoms with E-state index in [2.05, 4.69) is 0 Å². The van der Waals surface area contributed by atoms with Crippen LogP contribution in [0.1, 0.15) is 33.6 Å². The lowest BCUT2D eigenvalue weighted by Crippen LogP contribution is -2.35. The van der Waals surface area contributed by atoms with Gasteiger partial charge in [0.1, 0.15) is 5.60 Å². The molecule has 0 bridgehead atoms. The number of rotatable bonds is 1. The maximum absolute atomic E-state index is 11.6. The van der Waals surface area contributed by atoms with Gasteiger partial charge in [0.05, 0.1) is 12.7 Å². The van der Waals surface area contributed by atoms with Crippen molar-refractivity contribution >= 4 is 5.97 Å². The highest BCUT2D eigenvalue weighted by Gasteiger charge is 2.28. The third-order valence-electron chi connectivity index (χ3n) is 2.14. The quantitative estimate of drug-likeness (QED) is 0.503. The molecule has 0 radical (unpaired) electrons. The molecule has 0 amide bonds. The number of carbonyl (C=O) groups is 1. The summed E-state index contributed by atoms with van der Waals surface area (Å²) in [7, 11) is 0. The highest BCUT2D eigenvalue weighted by molar-refractivity contribution is 5.75. The molecule has 1 saturated heterocycles. The summed E-state index contributed by atoms with van der Waals surface area (Å²) in [6.07, 6.45) is 2.29. The van der Waals surface area contributed by atoms with Gasteiger partial charge in [0.15, 0.2) is 6.10 Å². The molecule has 88 valence electrons. The second-order valence-electron chi connectivity index (χ2n) is 4.80. The predicted molar refractivity (Wildman–Crippen MR) is 58.5 cm³/mol. The Kier molecular flexibility index (Phi) is 4.08. The van der Waals surface area contributed by atoms with Gasteiger partial charge in [0.2, 0.25) is 0 Å². The first-order chi connectivity index (χ1) is 7.42. The van der Waals surface area contributed by atoms with Gasteiger partial charge in [-0.2, -0.15) is 5.26 Å². The van der Waals surface area contributed by atoms with Gasteiger partial charge in [0.25, 0.3) is 0 Å². The third kappa shape index (κ3) is 4.03. The van der Waals surface area contributed by atoms with Gasteiger partial charge < -0.3 is 9.47 Å². The number of nitriles is 1. The SMILES string of the molecule is CC(C)(C)OC(=O)C1CC/C(=C\C#N)CO1. The van der Waals surface area contributed by atoms with Crippen LogP contribution in [0.2, 0.25) is 0 Å². The van der Waals surface area contributed by atoms with E-state index in [1.807, 2.05) is 26.8 Å². The number of allylic oxidation sites excluding steroid dienone is 1. The van der Waals surface area contributed by atoms with Gasteiger partial charge in [-0.3, -0.25) is 0 Å². The van der Waals surface area contributed by atoms with E-state index in [-0.39, 0.29) is 5.97 Å². The van der Waals surface area contributed by atoms with Crippen molar-refractivity contribution < 1.29 is 14.3 Å². The Balaban J connectivity index is 2.46. The highest BCUT2D eigenvalue weighted by Crippen LogP contribution is 2.20. The molecule has 1 fully saturated rings. The summed E-state index contributed by atoms with van der Waals surface area (Å²) in [5.74, 6) is -0.316. The Labute approximate surface area is 95.8 Å². The van der Waals surface area contributed by atoms with Crippen LogP contribution in [0.4, 0.5) is 0 Å². The highest BCUT2D eigenvalue weighted by atomic mass is 16.6. The normalized spacial score (nSPS) is 23.9. The Morgan fingerprint density at radius 3 is 2.75 bits per heavy atom. The largest absolute Gasteiger partial charge is 0.458 e. The van der Waals surface area contributed by atoms with Crippen molar-refractivity contribution in [3.8, 4) is 6.07 Å². The molecule has 4 heteroatoms. The van der Waals surface area contributed by atoms with E-state index in [4.69, 9.17) is 14.7 Å². The predicted octanol–water partition coefficient (Wildman–Crippen LogP) is 1.96. The van der Waals surface area contributed by atoms with Crippen LogP contribution < -0.4 is 0 Å². The van der Waals surface area contributed by atoms with Gasteiger partial charge >= 0.3 is 5.97 Å². The Morgan fingerprint density at radius 2 is 2.31 bits per heavy atom. The summed E-state index contributed by atoms with van der Waals surface area (Å²) in [5, 5.41) is 8.47. The summed E-state index contributed by atoms with van der Waals surface area (Å²) in [6.45, 7) is 5.83. The molecule has 1 aliphatic heterocycles. The Bertz CT molecular complexity index is 323. The summed E-state index contributed by atoms with van der Waals surface area (Å²) in [5.41, 5.74) is 0.450. The van der Waals surface area contributed by atoms with Gasteiger partial charge in [-0.15, -0.1) is 0 Å². The molecule has 0 aromatic carbocycles. The Hall–Kier alpha value is -1.34. The molecule has 1 aliphatic rings. The van der Waals surface area contributed by atoms with Crippen molar-refractivity contribution in [2.75, 3.05) is 6.61 Å². The molecular weight excluding hydrogens is 206 g/mol. The molecule has 16 heavy (non-hydrogen) atoms. The zero-order chi connectivity index (χ0) is 12.2. The molecule has 4 nitrogen and oxygen atoms in total. The molecular formula is C12H17NO3. The van der Waals surface area contributed by atoms with Crippen LogP contribution in [-0.4, -0.2) is 24.3 Å². The standard InChI is InChI=1S/C12H17NO3/c1-12(2,3)16-11(14)10-5-4-9(6-7-13)8-15-10/h6,10H,4-5,8H2,1-3H3/b9-6+. The molecule has 0 saturated carbocycles. The van der Waals surface area contributed by atoms with E-state index in [0.29, 0.717) is 13.0 Å². The summed E-state index contributed by atoms with van der Waals surface area (Å²) in [6, 6.07) is 1.96. The number of ether oxygens (including phenoxy) is 2. The van der Waals surface area contributed by atoms with Crippen LogP contribution in [0, 0.1) is 11.3 Å². The fourth-order valence-electron chi connectivity index (χ4n) is 1.44. The number of nitrogens with zero attached hydrogens (tertiary/aromatic N) is 1. The maximum Gasteiger partial charge on any atom is 0.335 e. The fourth-order valence-corrected chi connectivity index (χ4v) is 1.44. The number of hydrogen-bond acceptors (Lipinski definition) is 4. The van der Waals surface area contributed by atoms with Crippen LogP contribution in [0.25, 0.3) is 0 Å². The molecule has 1 atom stereocenters. The van der Waals surface area contributed by atoms with E-state index in [9.17, 15) is 4.79 Å². The zero-order valence-corrected chi connectivity index (χ0v) is 9.95. The van der Waals surface area contributed by atoms with Gasteiger partial charge in [0, 0.05) is 6.08 Å². The molecule has 1 rings (SSSR count). The summed E-state index contributed by atoms with van der Waals surface area (Å²) < 4.78 is 10.6. The minimum atomic E-state index is -0.491. The first-order valence-electron chi connectivity index (χ1n) is 5.34. The van der Waals surface area contributed by atoms with E-state index in [1.54, 1.807) is 0 Å². The molecule has 0 aromatic heterocycles. The molecule has 1 unspecified atom stereocenters. The lowest BCUT2D eigenvalue weighted by molar-refractivity contribution is -0.169. The second kappa shape index (κ2) is 5.13. The maximum atomic E-state index is 11.6. The van der Waals surface area contributed by atoms with E-state index in [1.165, 1.54) is 6.08 Å². The topological polar surface area (TPSA) is 59.3 Å². The zero-order valence-electron chi connectivity index (χ0n) is 9.95. The summed E-state index contributed by atoms with van der Waals surface area (Å²) in [4.78, 5) is 11.6. The lowest BCUT2D eigenvalue weighted by Gasteiger charge is -2.27. The van der Waals surface area contributed by atoms with Crippen LogP contribution in [-0.2, 0) is 14.3 Å². The van der Waals surface area contributed by atoms with Crippen LogP contribution in [0.3, 0.4) is 0 Å². The molecule has 0 aromatic rings. The van der Waals surface area contributed by atoms with Crippen molar-refractivity contribution in [1.29, 1.82) is 5.26 Å². The third-order valence-corrected chi connectivity index (χ3v) is 2.14. The number of esters is 1. The van der Waals surface area contributed by atoms with Crippen molar-refractivity contribution in [2.45, 2.75) is 45.3 Å². The van der Waals surface area contributed by atoms with Crippen molar-refractivity contribution in [1.82, 2.24) is 0 Å². The van der Waals surface area contributed by atoms with E-state index < -0.39 is 11.7 Å². The lowest BCUT2D eigenvalue weighted by atomic mass is 10.0. The molecule has 1 heterocycles. The van der Waals surface area contributed by atoms with Gasteiger partial charge in [-0.25, -0.2) is 4.79 Å². The van der Waals surface area contributed by atoms with E-state index in [0.717, 1.165) is 12.0 Å². The first-order valence-corrected chi connectivity index (χ1v) is 5.34.